The summed E-state index contributed by atoms with van der Waals surface area (Å²) in [4.78, 5) is 11.9. The fourth-order valence-electron chi connectivity index (χ4n) is 1.88. The van der Waals surface area contributed by atoms with Crippen LogP contribution in [0.1, 0.15) is 25.6 Å². The van der Waals surface area contributed by atoms with Gasteiger partial charge in [0.05, 0.1) is 6.61 Å². The van der Waals surface area contributed by atoms with Crippen molar-refractivity contribution in [2.45, 2.75) is 25.2 Å². The van der Waals surface area contributed by atoms with Gasteiger partial charge in [-0.3, -0.25) is 9.36 Å². The summed E-state index contributed by atoms with van der Waals surface area (Å²) in [6, 6.07) is 0. The quantitative estimate of drug-likeness (QED) is 0.752. The van der Waals surface area contributed by atoms with Crippen LogP contribution in [0.4, 0.5) is 5.95 Å². The van der Waals surface area contributed by atoms with Crippen molar-refractivity contribution in [3.8, 4) is 0 Å². The van der Waals surface area contributed by atoms with Gasteiger partial charge in [-0.2, -0.15) is 0 Å². The molecule has 0 atom stereocenters. The molecule has 1 aromatic heterocycles. The summed E-state index contributed by atoms with van der Waals surface area (Å²) < 4.78 is 6.89. The van der Waals surface area contributed by atoms with E-state index in [1.54, 1.807) is 7.05 Å². The fraction of sp³-hybridized carbons (Fsp3) is 0.700. The summed E-state index contributed by atoms with van der Waals surface area (Å²) in [7, 11) is 3.62. The maximum Gasteiger partial charge on any atom is 0.319 e. The predicted molar refractivity (Wildman–Crippen MR) is 58.1 cm³/mol. The minimum atomic E-state index is -0.549. The van der Waals surface area contributed by atoms with Crippen LogP contribution in [0.15, 0.2) is 0 Å². The lowest BCUT2D eigenvalue weighted by atomic mass is 10.1. The average molecular weight is 224 g/mol. The highest BCUT2D eigenvalue weighted by atomic mass is 16.5. The molecule has 1 N–H and O–H groups in total. The Bertz CT molecular complexity index is 409. The normalized spacial score (nSPS) is 16.9. The van der Waals surface area contributed by atoms with Gasteiger partial charge in [0.25, 0.3) is 0 Å². The molecule has 6 heteroatoms. The molecule has 0 saturated heterocycles. The van der Waals surface area contributed by atoms with E-state index in [-0.39, 0.29) is 5.97 Å². The van der Waals surface area contributed by atoms with E-state index in [0.29, 0.717) is 18.4 Å². The molecule has 1 aliphatic carbocycles. The summed E-state index contributed by atoms with van der Waals surface area (Å²) in [6.45, 7) is 2.21. The van der Waals surface area contributed by atoms with Crippen molar-refractivity contribution in [1.29, 1.82) is 0 Å². The highest BCUT2D eigenvalue weighted by Crippen LogP contribution is 2.48. The Morgan fingerprint density at radius 3 is 2.69 bits per heavy atom. The summed E-state index contributed by atoms with van der Waals surface area (Å²) in [6.07, 6.45) is 1.59. The third kappa shape index (κ3) is 1.45. The standard InChI is InChI=1S/C10H16N4O2/c1-4-16-8(15)10(5-6-10)7-12-13-9(11-2)14(7)3/h4-6H2,1-3H3,(H,11,13). The Kier molecular flexibility index (Phi) is 2.57. The molecular formula is C10H16N4O2. The second-order valence-electron chi connectivity index (χ2n) is 3.96. The van der Waals surface area contributed by atoms with Gasteiger partial charge >= 0.3 is 5.97 Å². The number of carbonyl (C=O) groups is 1. The van der Waals surface area contributed by atoms with Crippen LogP contribution in [0.3, 0.4) is 0 Å². The third-order valence-electron chi connectivity index (χ3n) is 2.94. The third-order valence-corrected chi connectivity index (χ3v) is 2.94. The lowest BCUT2D eigenvalue weighted by Crippen LogP contribution is -2.26. The summed E-state index contributed by atoms with van der Waals surface area (Å²) in [5.41, 5.74) is -0.549. The molecule has 6 nitrogen and oxygen atoms in total. The molecule has 0 bridgehead atoms. The van der Waals surface area contributed by atoms with Gasteiger partial charge in [0, 0.05) is 14.1 Å². The molecule has 16 heavy (non-hydrogen) atoms. The van der Waals surface area contributed by atoms with Crippen LogP contribution in [0, 0.1) is 0 Å². The van der Waals surface area contributed by atoms with Crippen molar-refractivity contribution >= 4 is 11.9 Å². The van der Waals surface area contributed by atoms with Gasteiger partial charge in [0.15, 0.2) is 5.82 Å². The number of esters is 1. The molecular weight excluding hydrogens is 208 g/mol. The van der Waals surface area contributed by atoms with Crippen molar-refractivity contribution in [2.75, 3.05) is 19.0 Å². The van der Waals surface area contributed by atoms with Crippen molar-refractivity contribution in [1.82, 2.24) is 14.8 Å². The van der Waals surface area contributed by atoms with E-state index < -0.39 is 5.41 Å². The number of hydrogen-bond donors (Lipinski definition) is 1. The monoisotopic (exact) mass is 224 g/mol. The number of nitrogens with zero attached hydrogens (tertiary/aromatic N) is 3. The molecule has 0 aromatic carbocycles. The largest absolute Gasteiger partial charge is 0.465 e. The van der Waals surface area contributed by atoms with Crippen LogP contribution in [-0.4, -0.2) is 34.4 Å². The van der Waals surface area contributed by atoms with E-state index >= 15 is 0 Å². The van der Waals surface area contributed by atoms with Gasteiger partial charge in [0.2, 0.25) is 5.95 Å². The van der Waals surface area contributed by atoms with Crippen molar-refractivity contribution in [3.05, 3.63) is 5.82 Å². The van der Waals surface area contributed by atoms with Crippen LogP contribution in [0.5, 0.6) is 0 Å². The Morgan fingerprint density at radius 2 is 2.25 bits per heavy atom. The average Bonchev–Trinajstić information content (AvgIpc) is 2.99. The maximum atomic E-state index is 11.9. The molecule has 0 unspecified atom stereocenters. The molecule has 1 saturated carbocycles. The maximum absolute atomic E-state index is 11.9. The zero-order valence-corrected chi connectivity index (χ0v) is 9.78. The zero-order chi connectivity index (χ0) is 11.8. The molecule has 0 amide bonds. The molecule has 1 heterocycles. The topological polar surface area (TPSA) is 69.0 Å². The minimum absolute atomic E-state index is 0.187. The van der Waals surface area contributed by atoms with Crippen molar-refractivity contribution in [3.63, 3.8) is 0 Å². The minimum Gasteiger partial charge on any atom is -0.465 e. The second kappa shape index (κ2) is 3.77. The van der Waals surface area contributed by atoms with Crippen LogP contribution in [-0.2, 0) is 22.0 Å². The fourth-order valence-corrected chi connectivity index (χ4v) is 1.88. The van der Waals surface area contributed by atoms with Gasteiger partial charge in [0.1, 0.15) is 5.41 Å². The number of aromatic nitrogens is 3. The SMILES string of the molecule is CCOC(=O)C1(c2nnc(NC)n2C)CC1. The summed E-state index contributed by atoms with van der Waals surface area (Å²) in [5.74, 6) is 1.16. The molecule has 1 aliphatic rings. The highest BCUT2D eigenvalue weighted by molar-refractivity contribution is 5.85. The van der Waals surface area contributed by atoms with E-state index in [4.69, 9.17) is 4.74 Å². The van der Waals surface area contributed by atoms with Gasteiger partial charge in [-0.15, -0.1) is 10.2 Å². The molecule has 2 rings (SSSR count). The molecule has 1 fully saturated rings. The van der Waals surface area contributed by atoms with Gasteiger partial charge in [-0.1, -0.05) is 0 Å². The van der Waals surface area contributed by atoms with E-state index in [9.17, 15) is 4.79 Å². The number of carbonyl (C=O) groups excluding carboxylic acids is 1. The molecule has 0 radical (unpaired) electrons. The van der Waals surface area contributed by atoms with E-state index in [0.717, 1.165) is 12.8 Å². The first-order chi connectivity index (χ1) is 7.65. The molecule has 88 valence electrons. The Morgan fingerprint density at radius 1 is 1.56 bits per heavy atom. The first kappa shape index (κ1) is 10.9. The first-order valence-corrected chi connectivity index (χ1v) is 5.40. The van der Waals surface area contributed by atoms with E-state index in [1.165, 1.54) is 0 Å². The first-order valence-electron chi connectivity index (χ1n) is 5.40. The van der Waals surface area contributed by atoms with Crippen molar-refractivity contribution < 1.29 is 9.53 Å². The van der Waals surface area contributed by atoms with Crippen molar-refractivity contribution in [2.24, 2.45) is 7.05 Å². The number of ether oxygens (including phenoxy) is 1. The predicted octanol–water partition coefficient (Wildman–Crippen LogP) is 0.451. The number of hydrogen-bond acceptors (Lipinski definition) is 5. The van der Waals surface area contributed by atoms with E-state index in [2.05, 4.69) is 15.5 Å². The molecule has 1 aromatic rings. The Balaban J connectivity index is 2.29. The second-order valence-corrected chi connectivity index (χ2v) is 3.96. The lowest BCUT2D eigenvalue weighted by molar-refractivity contribution is -0.146. The van der Waals surface area contributed by atoms with Crippen LogP contribution >= 0.6 is 0 Å². The highest BCUT2D eigenvalue weighted by Gasteiger charge is 2.56. The smallest absolute Gasteiger partial charge is 0.319 e. The number of rotatable bonds is 4. The van der Waals surface area contributed by atoms with Crippen LogP contribution < -0.4 is 5.32 Å². The summed E-state index contributed by atoms with van der Waals surface area (Å²) in [5, 5.41) is 11.0. The Hall–Kier alpha value is -1.59. The lowest BCUT2D eigenvalue weighted by Gasteiger charge is -2.12. The molecule has 0 spiro atoms. The van der Waals surface area contributed by atoms with Gasteiger partial charge in [-0.25, -0.2) is 0 Å². The van der Waals surface area contributed by atoms with E-state index in [1.807, 2.05) is 18.5 Å². The Labute approximate surface area is 94.0 Å². The van der Waals surface area contributed by atoms with Crippen LogP contribution in [0.2, 0.25) is 0 Å². The molecule has 0 aliphatic heterocycles. The number of nitrogens with one attached hydrogen (secondary N) is 1. The zero-order valence-electron chi connectivity index (χ0n) is 9.78. The number of anilines is 1. The van der Waals surface area contributed by atoms with Gasteiger partial charge in [-0.05, 0) is 19.8 Å². The summed E-state index contributed by atoms with van der Waals surface area (Å²) >= 11 is 0. The van der Waals surface area contributed by atoms with Crippen LogP contribution in [0.25, 0.3) is 0 Å². The van der Waals surface area contributed by atoms with Gasteiger partial charge < -0.3 is 10.1 Å².